The number of hydrogen-bond donors (Lipinski definition) is 1. The molecule has 2 N–H and O–H groups in total. The maximum Gasteiger partial charge on any atom is 0.0863 e. The SMILES string of the molecule is CCc1nn(C)c(CN2CCCCC2C(C)N)c1Cl. The van der Waals surface area contributed by atoms with Crippen LogP contribution in [0.1, 0.15) is 44.5 Å². The Labute approximate surface area is 120 Å². The summed E-state index contributed by atoms with van der Waals surface area (Å²) in [6, 6.07) is 0.669. The molecular formula is C14H25ClN4. The van der Waals surface area contributed by atoms with Gasteiger partial charge in [0.15, 0.2) is 0 Å². The van der Waals surface area contributed by atoms with Crippen molar-refractivity contribution >= 4 is 11.6 Å². The third-order valence-electron chi connectivity index (χ3n) is 4.13. The molecule has 0 bridgehead atoms. The van der Waals surface area contributed by atoms with Crippen molar-refractivity contribution in [2.24, 2.45) is 12.8 Å². The maximum atomic E-state index is 6.44. The summed E-state index contributed by atoms with van der Waals surface area (Å²) in [5.74, 6) is 0. The van der Waals surface area contributed by atoms with Crippen molar-refractivity contribution in [1.82, 2.24) is 14.7 Å². The van der Waals surface area contributed by atoms with Crippen molar-refractivity contribution in [3.05, 3.63) is 16.4 Å². The molecule has 108 valence electrons. The summed E-state index contributed by atoms with van der Waals surface area (Å²) in [6.07, 6.45) is 4.60. The van der Waals surface area contributed by atoms with Gasteiger partial charge in [-0.25, -0.2) is 0 Å². The van der Waals surface area contributed by atoms with E-state index in [0.29, 0.717) is 6.04 Å². The molecule has 1 aliphatic heterocycles. The standard InChI is InChI=1S/C14H25ClN4/c1-4-11-14(15)13(18(3)17-11)9-19-8-6-5-7-12(19)10(2)16/h10,12H,4-9,16H2,1-3H3. The fourth-order valence-electron chi connectivity index (χ4n) is 2.99. The molecule has 19 heavy (non-hydrogen) atoms. The summed E-state index contributed by atoms with van der Waals surface area (Å²) in [4.78, 5) is 2.47. The molecule has 1 aromatic rings. The van der Waals surface area contributed by atoms with E-state index in [2.05, 4.69) is 23.8 Å². The van der Waals surface area contributed by atoms with E-state index >= 15 is 0 Å². The van der Waals surface area contributed by atoms with Crippen LogP contribution in [0.2, 0.25) is 5.02 Å². The lowest BCUT2D eigenvalue weighted by Crippen LogP contribution is -2.48. The van der Waals surface area contributed by atoms with E-state index in [-0.39, 0.29) is 6.04 Å². The number of nitrogens with zero attached hydrogens (tertiary/aromatic N) is 3. The largest absolute Gasteiger partial charge is 0.327 e. The average molecular weight is 285 g/mol. The molecule has 0 aromatic carbocycles. The topological polar surface area (TPSA) is 47.1 Å². The highest BCUT2D eigenvalue weighted by Gasteiger charge is 2.27. The number of likely N-dealkylation sites (tertiary alicyclic amines) is 1. The zero-order chi connectivity index (χ0) is 14.0. The van der Waals surface area contributed by atoms with Crippen molar-refractivity contribution in [2.75, 3.05) is 6.54 Å². The summed E-state index contributed by atoms with van der Waals surface area (Å²) >= 11 is 6.44. The Hall–Kier alpha value is -0.580. The predicted octanol–water partition coefficient (Wildman–Crippen LogP) is 2.34. The van der Waals surface area contributed by atoms with Crippen LogP contribution in [0.5, 0.6) is 0 Å². The van der Waals surface area contributed by atoms with Crippen LogP contribution in [0.25, 0.3) is 0 Å². The van der Waals surface area contributed by atoms with Gasteiger partial charge in [0.2, 0.25) is 0 Å². The predicted molar refractivity (Wildman–Crippen MR) is 79.3 cm³/mol. The Kier molecular flexibility index (Phi) is 4.87. The highest BCUT2D eigenvalue weighted by Crippen LogP contribution is 2.26. The lowest BCUT2D eigenvalue weighted by atomic mass is 9.97. The molecule has 0 aliphatic carbocycles. The first kappa shape index (κ1) is 14.8. The minimum absolute atomic E-state index is 0.206. The molecule has 2 atom stereocenters. The minimum Gasteiger partial charge on any atom is -0.327 e. The molecule has 1 fully saturated rings. The van der Waals surface area contributed by atoms with E-state index in [1.54, 1.807) is 0 Å². The fourth-order valence-corrected chi connectivity index (χ4v) is 3.35. The van der Waals surface area contributed by atoms with Crippen molar-refractivity contribution in [2.45, 2.75) is 58.2 Å². The molecule has 1 saturated heterocycles. The summed E-state index contributed by atoms with van der Waals surface area (Å²) in [6.45, 7) is 6.15. The van der Waals surface area contributed by atoms with Gasteiger partial charge in [-0.05, 0) is 32.7 Å². The molecule has 4 nitrogen and oxygen atoms in total. The first-order chi connectivity index (χ1) is 9.04. The lowest BCUT2D eigenvalue weighted by molar-refractivity contribution is 0.120. The molecule has 2 heterocycles. The van der Waals surface area contributed by atoms with Gasteiger partial charge in [-0.3, -0.25) is 9.58 Å². The van der Waals surface area contributed by atoms with E-state index in [9.17, 15) is 0 Å². The quantitative estimate of drug-likeness (QED) is 0.923. The summed E-state index contributed by atoms with van der Waals surface area (Å²) in [7, 11) is 1.98. The van der Waals surface area contributed by atoms with Crippen LogP contribution in [0.4, 0.5) is 0 Å². The fraction of sp³-hybridized carbons (Fsp3) is 0.786. The second-order valence-corrected chi connectivity index (χ2v) is 5.96. The van der Waals surface area contributed by atoms with E-state index in [0.717, 1.165) is 35.9 Å². The molecule has 1 aliphatic rings. The molecule has 2 rings (SSSR count). The summed E-state index contributed by atoms with van der Waals surface area (Å²) < 4.78 is 1.92. The Morgan fingerprint density at radius 3 is 2.79 bits per heavy atom. The Balaban J connectivity index is 2.17. The highest BCUT2D eigenvalue weighted by molar-refractivity contribution is 6.31. The zero-order valence-electron chi connectivity index (χ0n) is 12.2. The van der Waals surface area contributed by atoms with Gasteiger partial charge in [0, 0.05) is 25.7 Å². The van der Waals surface area contributed by atoms with Crippen LogP contribution in [0.15, 0.2) is 0 Å². The molecular weight excluding hydrogens is 260 g/mol. The van der Waals surface area contributed by atoms with Gasteiger partial charge < -0.3 is 5.73 Å². The molecule has 0 radical (unpaired) electrons. The summed E-state index contributed by atoms with van der Waals surface area (Å²) in [5.41, 5.74) is 8.23. The van der Waals surface area contributed by atoms with Crippen molar-refractivity contribution < 1.29 is 0 Å². The number of aromatic nitrogens is 2. The van der Waals surface area contributed by atoms with Gasteiger partial charge in [-0.15, -0.1) is 0 Å². The number of nitrogens with two attached hydrogens (primary N) is 1. The van der Waals surface area contributed by atoms with Gasteiger partial charge in [0.05, 0.1) is 16.4 Å². The van der Waals surface area contributed by atoms with Gasteiger partial charge >= 0.3 is 0 Å². The van der Waals surface area contributed by atoms with Crippen LogP contribution in [-0.2, 0) is 20.0 Å². The van der Waals surface area contributed by atoms with Crippen LogP contribution in [-0.4, -0.2) is 33.3 Å². The van der Waals surface area contributed by atoms with E-state index in [4.69, 9.17) is 17.3 Å². The molecule has 0 amide bonds. The van der Waals surface area contributed by atoms with Crippen molar-refractivity contribution in [3.63, 3.8) is 0 Å². The van der Waals surface area contributed by atoms with Gasteiger partial charge in [-0.1, -0.05) is 24.9 Å². The molecule has 0 spiro atoms. The van der Waals surface area contributed by atoms with Crippen LogP contribution >= 0.6 is 11.6 Å². The van der Waals surface area contributed by atoms with E-state index in [1.165, 1.54) is 19.3 Å². The molecule has 2 unspecified atom stereocenters. The van der Waals surface area contributed by atoms with E-state index in [1.807, 2.05) is 11.7 Å². The van der Waals surface area contributed by atoms with Gasteiger partial charge in [-0.2, -0.15) is 5.10 Å². The minimum atomic E-state index is 0.206. The average Bonchev–Trinajstić information content (AvgIpc) is 2.66. The van der Waals surface area contributed by atoms with Crippen LogP contribution in [0.3, 0.4) is 0 Å². The number of rotatable bonds is 4. The Morgan fingerprint density at radius 1 is 1.47 bits per heavy atom. The Bertz CT molecular complexity index is 427. The lowest BCUT2D eigenvalue weighted by Gasteiger charge is -2.38. The maximum absolute atomic E-state index is 6.44. The van der Waals surface area contributed by atoms with Crippen molar-refractivity contribution in [3.8, 4) is 0 Å². The smallest absolute Gasteiger partial charge is 0.0863 e. The molecule has 1 aromatic heterocycles. The highest BCUT2D eigenvalue weighted by atomic mass is 35.5. The van der Waals surface area contributed by atoms with Crippen LogP contribution in [0, 0.1) is 0 Å². The first-order valence-corrected chi connectivity index (χ1v) is 7.62. The van der Waals surface area contributed by atoms with Gasteiger partial charge in [0.1, 0.15) is 0 Å². The second-order valence-electron chi connectivity index (χ2n) is 5.58. The number of halogens is 1. The monoisotopic (exact) mass is 284 g/mol. The third-order valence-corrected chi connectivity index (χ3v) is 4.56. The normalized spacial score (nSPS) is 22.7. The second kappa shape index (κ2) is 6.25. The van der Waals surface area contributed by atoms with Crippen molar-refractivity contribution in [1.29, 1.82) is 0 Å². The first-order valence-electron chi connectivity index (χ1n) is 7.24. The third kappa shape index (κ3) is 3.12. The van der Waals surface area contributed by atoms with Crippen LogP contribution < -0.4 is 5.73 Å². The van der Waals surface area contributed by atoms with E-state index < -0.39 is 0 Å². The number of piperidine rings is 1. The molecule has 5 heteroatoms. The number of hydrogen-bond acceptors (Lipinski definition) is 3. The Morgan fingerprint density at radius 2 is 2.21 bits per heavy atom. The van der Waals surface area contributed by atoms with Gasteiger partial charge in [0.25, 0.3) is 0 Å². The molecule has 0 saturated carbocycles. The zero-order valence-corrected chi connectivity index (χ0v) is 13.0. The number of aryl methyl sites for hydroxylation is 2. The summed E-state index contributed by atoms with van der Waals surface area (Å²) in [5, 5.41) is 5.32.